The summed E-state index contributed by atoms with van der Waals surface area (Å²) in [6.07, 6.45) is 76.2. The van der Waals surface area contributed by atoms with Crippen LogP contribution in [-0.2, 0) is 14.3 Å². The predicted molar refractivity (Wildman–Crippen MR) is 310 cm³/mol. The van der Waals surface area contributed by atoms with Crippen LogP contribution in [0, 0.1) is 0 Å². The van der Waals surface area contributed by atoms with Crippen molar-refractivity contribution in [2.75, 3.05) is 13.2 Å². The average Bonchev–Trinajstić information content (AvgIpc) is 3.37. The summed E-state index contributed by atoms with van der Waals surface area (Å²) >= 11 is 0. The quantitative estimate of drug-likeness (QED) is 0.0321. The molecule has 0 heterocycles. The van der Waals surface area contributed by atoms with E-state index in [9.17, 15) is 19.8 Å². The second-order valence-corrected chi connectivity index (χ2v) is 21.7. The van der Waals surface area contributed by atoms with Crippen molar-refractivity contribution in [2.45, 2.75) is 353 Å². The second-order valence-electron chi connectivity index (χ2n) is 21.7. The summed E-state index contributed by atoms with van der Waals surface area (Å²) in [6, 6.07) is -0.629. The minimum atomic E-state index is -0.846. The summed E-state index contributed by atoms with van der Waals surface area (Å²) in [7, 11) is 0. The lowest BCUT2D eigenvalue weighted by atomic mass is 10.0. The molecule has 0 saturated carbocycles. The third-order valence-electron chi connectivity index (χ3n) is 14.6. The van der Waals surface area contributed by atoms with Gasteiger partial charge in [-0.3, -0.25) is 9.59 Å². The van der Waals surface area contributed by atoms with Crippen molar-refractivity contribution in [2.24, 2.45) is 0 Å². The van der Waals surface area contributed by atoms with Gasteiger partial charge in [-0.25, -0.2) is 0 Å². The van der Waals surface area contributed by atoms with E-state index in [1.165, 1.54) is 270 Å². The number of unbranched alkanes of at least 4 members (excludes halogenated alkanes) is 44. The molecule has 418 valence electrons. The molecule has 2 unspecified atom stereocenters. The van der Waals surface area contributed by atoms with Crippen LogP contribution >= 0.6 is 0 Å². The van der Waals surface area contributed by atoms with Crippen LogP contribution in [0.4, 0.5) is 0 Å². The number of nitrogens with one attached hydrogen (secondary N) is 1. The van der Waals surface area contributed by atoms with Crippen molar-refractivity contribution in [1.29, 1.82) is 0 Å². The Morgan fingerprint density at radius 1 is 0.380 bits per heavy atom. The van der Waals surface area contributed by atoms with Gasteiger partial charge in [-0.05, 0) is 77.0 Å². The number of rotatable bonds is 59. The van der Waals surface area contributed by atoms with Gasteiger partial charge in [-0.1, -0.05) is 288 Å². The number of ether oxygens (including phenoxy) is 1. The summed E-state index contributed by atoms with van der Waals surface area (Å²) in [5.74, 6) is -0.0652. The lowest BCUT2D eigenvalue weighted by Crippen LogP contribution is -2.45. The van der Waals surface area contributed by atoms with Crippen molar-refractivity contribution in [3.63, 3.8) is 0 Å². The summed E-state index contributed by atoms with van der Waals surface area (Å²) in [4.78, 5) is 24.5. The monoisotopic (exact) mass is 998 g/mol. The standard InChI is InChI=1S/C65H123NO5/c1-3-5-7-9-11-13-15-16-17-28-31-34-38-41-45-49-53-57-63(68)62(61-67)66-64(69)58-54-50-46-42-39-35-32-29-26-24-22-20-18-19-21-23-25-27-30-33-36-40-44-48-52-56-60-71-65(70)59-55-51-47-43-37-14-12-10-8-6-4-2/h10,12,18,20,53,57,62-63,67-68H,3-9,11,13-17,19,21-52,54-56,58-61H2,1-2H3,(H,66,69)/b12-10-,20-18-,57-53+. The van der Waals surface area contributed by atoms with Crippen LogP contribution in [0.15, 0.2) is 36.5 Å². The number of hydrogen-bond acceptors (Lipinski definition) is 5. The Labute approximate surface area is 443 Å². The molecule has 3 N–H and O–H groups in total. The Bertz CT molecular complexity index is 1150. The fraction of sp³-hybridized carbons (Fsp3) is 0.877. The van der Waals surface area contributed by atoms with Crippen LogP contribution < -0.4 is 5.32 Å². The van der Waals surface area contributed by atoms with E-state index >= 15 is 0 Å². The third kappa shape index (κ3) is 57.2. The van der Waals surface area contributed by atoms with Gasteiger partial charge in [0.2, 0.25) is 5.91 Å². The third-order valence-corrected chi connectivity index (χ3v) is 14.6. The zero-order valence-electron chi connectivity index (χ0n) is 47.7. The summed E-state index contributed by atoms with van der Waals surface area (Å²) in [5, 5.41) is 23.2. The van der Waals surface area contributed by atoms with E-state index in [-0.39, 0.29) is 18.5 Å². The molecule has 0 aromatic rings. The van der Waals surface area contributed by atoms with Gasteiger partial charge in [0, 0.05) is 12.8 Å². The first-order valence-corrected chi connectivity index (χ1v) is 31.8. The summed E-state index contributed by atoms with van der Waals surface area (Å²) < 4.78 is 5.46. The van der Waals surface area contributed by atoms with Crippen molar-refractivity contribution in [3.8, 4) is 0 Å². The Hall–Kier alpha value is -1.92. The molecule has 0 aromatic heterocycles. The zero-order valence-corrected chi connectivity index (χ0v) is 47.7. The zero-order chi connectivity index (χ0) is 51.4. The van der Waals surface area contributed by atoms with E-state index in [1.54, 1.807) is 6.08 Å². The number of allylic oxidation sites excluding steroid dienone is 5. The molecule has 0 fully saturated rings. The largest absolute Gasteiger partial charge is 0.466 e. The number of carbonyl (C=O) groups is 2. The molecule has 2 atom stereocenters. The maximum atomic E-state index is 12.5. The Balaban J connectivity index is 3.42. The molecule has 0 rings (SSSR count). The maximum Gasteiger partial charge on any atom is 0.305 e. The fourth-order valence-corrected chi connectivity index (χ4v) is 9.73. The Kier molecular flexibility index (Phi) is 59.0. The van der Waals surface area contributed by atoms with Crippen LogP contribution in [0.2, 0.25) is 0 Å². The van der Waals surface area contributed by atoms with Crippen LogP contribution in [0.25, 0.3) is 0 Å². The summed E-state index contributed by atoms with van der Waals surface area (Å²) in [5.41, 5.74) is 0. The highest BCUT2D eigenvalue weighted by Crippen LogP contribution is 2.17. The van der Waals surface area contributed by atoms with Gasteiger partial charge in [-0.2, -0.15) is 0 Å². The van der Waals surface area contributed by atoms with Gasteiger partial charge in [0.15, 0.2) is 0 Å². The molecule has 0 aliphatic heterocycles. The lowest BCUT2D eigenvalue weighted by Gasteiger charge is -2.20. The van der Waals surface area contributed by atoms with Crippen LogP contribution in [0.5, 0.6) is 0 Å². The van der Waals surface area contributed by atoms with Gasteiger partial charge >= 0.3 is 5.97 Å². The molecule has 0 aliphatic rings. The molecule has 0 radical (unpaired) electrons. The molecule has 0 aliphatic carbocycles. The van der Waals surface area contributed by atoms with E-state index in [0.29, 0.717) is 19.4 Å². The SMILES string of the molecule is CCCC/C=C\CCCCCCCC(=O)OCCCCCCCCCCCCCC/C=C\CCCCCCCCCCCCC(=O)NC(CO)C(O)/C=C/CCCCCCCCCCCCCCCCC. The Morgan fingerprint density at radius 3 is 1.04 bits per heavy atom. The number of esters is 1. The molecule has 0 saturated heterocycles. The van der Waals surface area contributed by atoms with Gasteiger partial charge in [0.05, 0.1) is 25.4 Å². The Morgan fingerprint density at radius 2 is 0.676 bits per heavy atom. The first-order valence-electron chi connectivity index (χ1n) is 31.8. The van der Waals surface area contributed by atoms with E-state index in [0.717, 1.165) is 44.9 Å². The van der Waals surface area contributed by atoms with Gasteiger partial charge in [0.1, 0.15) is 0 Å². The molecular formula is C65H123NO5. The highest BCUT2D eigenvalue weighted by atomic mass is 16.5. The minimum absolute atomic E-state index is 0.00275. The second kappa shape index (κ2) is 60.6. The molecule has 0 aromatic carbocycles. The van der Waals surface area contributed by atoms with Crippen molar-refractivity contribution in [3.05, 3.63) is 36.5 Å². The lowest BCUT2D eigenvalue weighted by molar-refractivity contribution is -0.143. The first-order chi connectivity index (χ1) is 35.0. The number of aliphatic hydroxyl groups excluding tert-OH is 2. The molecule has 6 heteroatoms. The highest BCUT2D eigenvalue weighted by Gasteiger charge is 2.18. The fourth-order valence-electron chi connectivity index (χ4n) is 9.73. The van der Waals surface area contributed by atoms with Crippen LogP contribution in [0.3, 0.4) is 0 Å². The molecule has 0 bridgehead atoms. The van der Waals surface area contributed by atoms with Crippen molar-refractivity contribution in [1.82, 2.24) is 5.32 Å². The maximum absolute atomic E-state index is 12.5. The number of amides is 1. The normalized spacial score (nSPS) is 12.8. The molecule has 6 nitrogen and oxygen atoms in total. The molecule has 71 heavy (non-hydrogen) atoms. The van der Waals surface area contributed by atoms with Crippen LogP contribution in [0.1, 0.15) is 341 Å². The topological polar surface area (TPSA) is 95.9 Å². The predicted octanol–water partition coefficient (Wildman–Crippen LogP) is 20.0. The van der Waals surface area contributed by atoms with Crippen LogP contribution in [-0.4, -0.2) is 47.4 Å². The van der Waals surface area contributed by atoms with Crippen molar-refractivity contribution < 1.29 is 24.5 Å². The van der Waals surface area contributed by atoms with E-state index in [2.05, 4.69) is 43.5 Å². The van der Waals surface area contributed by atoms with Gasteiger partial charge in [-0.15, -0.1) is 0 Å². The van der Waals surface area contributed by atoms with E-state index in [4.69, 9.17) is 4.74 Å². The number of carbonyl (C=O) groups excluding carboxylic acids is 2. The average molecular weight is 999 g/mol. The molecule has 1 amide bonds. The summed E-state index contributed by atoms with van der Waals surface area (Å²) in [6.45, 7) is 4.88. The van der Waals surface area contributed by atoms with Gasteiger partial charge < -0.3 is 20.3 Å². The van der Waals surface area contributed by atoms with Gasteiger partial charge in [0.25, 0.3) is 0 Å². The van der Waals surface area contributed by atoms with Crippen molar-refractivity contribution >= 4 is 11.9 Å². The smallest absolute Gasteiger partial charge is 0.305 e. The first kappa shape index (κ1) is 69.1. The molecule has 0 spiro atoms. The van der Waals surface area contributed by atoms with E-state index < -0.39 is 12.1 Å². The number of hydrogen-bond donors (Lipinski definition) is 3. The highest BCUT2D eigenvalue weighted by molar-refractivity contribution is 5.76. The molecular weight excluding hydrogens is 875 g/mol. The van der Waals surface area contributed by atoms with E-state index in [1.807, 2.05) is 6.08 Å². The number of aliphatic hydroxyl groups is 2. The minimum Gasteiger partial charge on any atom is -0.466 e.